The van der Waals surface area contributed by atoms with Gasteiger partial charge in [0.2, 0.25) is 0 Å². The molecule has 1 aromatic rings. The molecule has 2 rings (SSSR count). The van der Waals surface area contributed by atoms with Gasteiger partial charge in [-0.25, -0.2) is 0 Å². The van der Waals surface area contributed by atoms with E-state index in [0.29, 0.717) is 5.41 Å². The number of rotatable bonds is 4. The fraction of sp³-hybridized carbons (Fsp3) is 0.636. The highest BCUT2D eigenvalue weighted by molar-refractivity contribution is 5.05. The van der Waals surface area contributed by atoms with Crippen LogP contribution in [0, 0.1) is 12.3 Å². The summed E-state index contributed by atoms with van der Waals surface area (Å²) in [6.07, 6.45) is 0. The van der Waals surface area contributed by atoms with Crippen molar-refractivity contribution in [1.82, 2.24) is 5.32 Å². The van der Waals surface area contributed by atoms with Gasteiger partial charge < -0.3 is 14.5 Å². The highest BCUT2D eigenvalue weighted by atomic mass is 16.5. The summed E-state index contributed by atoms with van der Waals surface area (Å²) in [5.41, 5.74) is 0.335. The summed E-state index contributed by atoms with van der Waals surface area (Å²) >= 11 is 0. The van der Waals surface area contributed by atoms with Crippen LogP contribution in [-0.2, 0) is 11.3 Å². The second kappa shape index (κ2) is 3.75. The van der Waals surface area contributed by atoms with Crippen LogP contribution in [0.2, 0.25) is 0 Å². The molecule has 0 saturated carbocycles. The van der Waals surface area contributed by atoms with Crippen LogP contribution in [0.3, 0.4) is 0 Å². The third kappa shape index (κ3) is 2.16. The molecule has 3 nitrogen and oxygen atoms in total. The summed E-state index contributed by atoms with van der Waals surface area (Å²) in [5, 5.41) is 3.38. The molecule has 78 valence electrons. The minimum Gasteiger partial charge on any atom is -0.465 e. The third-order valence-electron chi connectivity index (χ3n) is 2.55. The zero-order valence-corrected chi connectivity index (χ0v) is 8.80. The van der Waals surface area contributed by atoms with Crippen molar-refractivity contribution in [2.75, 3.05) is 19.8 Å². The predicted octanol–water partition coefficient (Wildman–Crippen LogP) is 1.71. The molecule has 1 saturated heterocycles. The van der Waals surface area contributed by atoms with Crippen molar-refractivity contribution in [3.05, 3.63) is 23.7 Å². The zero-order valence-electron chi connectivity index (χ0n) is 8.80. The lowest BCUT2D eigenvalue weighted by atomic mass is 9.89. The minimum absolute atomic E-state index is 0.335. The van der Waals surface area contributed by atoms with Gasteiger partial charge >= 0.3 is 0 Å². The normalized spacial score (nSPS) is 19.3. The summed E-state index contributed by atoms with van der Waals surface area (Å²) in [4.78, 5) is 0. The molecular formula is C11H17NO2. The largest absolute Gasteiger partial charge is 0.465 e. The molecule has 0 radical (unpaired) electrons. The van der Waals surface area contributed by atoms with Crippen molar-refractivity contribution in [1.29, 1.82) is 0 Å². The smallest absolute Gasteiger partial charge is 0.117 e. The molecule has 1 fully saturated rings. The number of hydrogen-bond donors (Lipinski definition) is 1. The summed E-state index contributed by atoms with van der Waals surface area (Å²) in [6.45, 7) is 7.74. The van der Waals surface area contributed by atoms with E-state index >= 15 is 0 Å². The third-order valence-corrected chi connectivity index (χ3v) is 2.55. The molecule has 1 aromatic heterocycles. The number of ether oxygens (including phenoxy) is 1. The molecule has 1 aliphatic rings. The average Bonchev–Trinajstić information content (AvgIpc) is 2.49. The van der Waals surface area contributed by atoms with E-state index in [1.807, 2.05) is 19.1 Å². The van der Waals surface area contributed by atoms with E-state index in [4.69, 9.17) is 9.15 Å². The first-order valence-electron chi connectivity index (χ1n) is 5.02. The quantitative estimate of drug-likeness (QED) is 0.794. The van der Waals surface area contributed by atoms with Crippen LogP contribution < -0.4 is 5.32 Å². The Labute approximate surface area is 84.4 Å². The van der Waals surface area contributed by atoms with E-state index in [0.717, 1.165) is 37.8 Å². The SMILES string of the molecule is Cc1ccc(CNCC2(C)COC2)o1. The molecule has 1 N–H and O–H groups in total. The second-order valence-electron chi connectivity index (χ2n) is 4.42. The summed E-state index contributed by atoms with van der Waals surface area (Å²) < 4.78 is 10.6. The van der Waals surface area contributed by atoms with Crippen LogP contribution in [0.1, 0.15) is 18.4 Å². The fourth-order valence-electron chi connectivity index (χ4n) is 1.62. The first kappa shape index (κ1) is 9.74. The van der Waals surface area contributed by atoms with Gasteiger partial charge in [-0.3, -0.25) is 0 Å². The van der Waals surface area contributed by atoms with Gasteiger partial charge in [-0.05, 0) is 19.1 Å². The number of hydrogen-bond acceptors (Lipinski definition) is 3. The van der Waals surface area contributed by atoms with Crippen LogP contribution in [0.25, 0.3) is 0 Å². The second-order valence-corrected chi connectivity index (χ2v) is 4.42. The van der Waals surface area contributed by atoms with Crippen LogP contribution in [-0.4, -0.2) is 19.8 Å². The maximum absolute atomic E-state index is 5.46. The van der Waals surface area contributed by atoms with E-state index in [-0.39, 0.29) is 0 Å². The highest BCUT2D eigenvalue weighted by Crippen LogP contribution is 2.25. The summed E-state index contributed by atoms with van der Waals surface area (Å²) in [7, 11) is 0. The Kier molecular flexibility index (Phi) is 2.61. The molecule has 0 bridgehead atoms. The minimum atomic E-state index is 0.335. The van der Waals surface area contributed by atoms with Crippen molar-refractivity contribution < 1.29 is 9.15 Å². The Morgan fingerprint density at radius 3 is 2.71 bits per heavy atom. The lowest BCUT2D eigenvalue weighted by molar-refractivity contribution is -0.0992. The van der Waals surface area contributed by atoms with Gasteiger partial charge in [0.25, 0.3) is 0 Å². The summed E-state index contributed by atoms with van der Waals surface area (Å²) in [5.74, 6) is 1.98. The molecule has 1 aliphatic heterocycles. The number of furan rings is 1. The maximum Gasteiger partial charge on any atom is 0.117 e. The molecule has 3 heteroatoms. The van der Waals surface area contributed by atoms with E-state index in [9.17, 15) is 0 Å². The van der Waals surface area contributed by atoms with Crippen molar-refractivity contribution in [2.24, 2.45) is 5.41 Å². The van der Waals surface area contributed by atoms with Crippen LogP contribution in [0.4, 0.5) is 0 Å². The molecule has 0 aromatic carbocycles. The van der Waals surface area contributed by atoms with Gasteiger partial charge in [0.1, 0.15) is 11.5 Å². The number of nitrogens with one attached hydrogen (secondary N) is 1. The van der Waals surface area contributed by atoms with Gasteiger partial charge in [0, 0.05) is 12.0 Å². The van der Waals surface area contributed by atoms with Crippen LogP contribution in [0.5, 0.6) is 0 Å². The van der Waals surface area contributed by atoms with Crippen molar-refractivity contribution in [3.63, 3.8) is 0 Å². The molecule has 0 atom stereocenters. The fourth-order valence-corrected chi connectivity index (χ4v) is 1.62. The highest BCUT2D eigenvalue weighted by Gasteiger charge is 2.32. The molecule has 2 heterocycles. The Hall–Kier alpha value is -0.800. The van der Waals surface area contributed by atoms with Crippen molar-refractivity contribution >= 4 is 0 Å². The Morgan fingerprint density at radius 1 is 1.43 bits per heavy atom. The van der Waals surface area contributed by atoms with Gasteiger partial charge in [0.15, 0.2) is 0 Å². The van der Waals surface area contributed by atoms with Crippen molar-refractivity contribution in [3.8, 4) is 0 Å². The van der Waals surface area contributed by atoms with Gasteiger partial charge in [-0.15, -0.1) is 0 Å². The number of aryl methyl sites for hydroxylation is 1. The molecule has 0 spiro atoms. The summed E-state index contributed by atoms with van der Waals surface area (Å²) in [6, 6.07) is 4.01. The van der Waals surface area contributed by atoms with Crippen LogP contribution >= 0.6 is 0 Å². The molecule has 14 heavy (non-hydrogen) atoms. The lowest BCUT2D eigenvalue weighted by Gasteiger charge is -2.38. The maximum atomic E-state index is 5.46. The molecule has 0 aliphatic carbocycles. The monoisotopic (exact) mass is 195 g/mol. The molecule has 0 amide bonds. The van der Waals surface area contributed by atoms with Crippen molar-refractivity contribution in [2.45, 2.75) is 20.4 Å². The predicted molar refractivity (Wildman–Crippen MR) is 54.1 cm³/mol. The van der Waals surface area contributed by atoms with Gasteiger partial charge in [0.05, 0.1) is 19.8 Å². The molecular weight excluding hydrogens is 178 g/mol. The lowest BCUT2D eigenvalue weighted by Crippen LogP contribution is -2.47. The van der Waals surface area contributed by atoms with E-state index in [1.54, 1.807) is 0 Å². The average molecular weight is 195 g/mol. The van der Waals surface area contributed by atoms with E-state index < -0.39 is 0 Å². The van der Waals surface area contributed by atoms with Gasteiger partial charge in [-0.1, -0.05) is 6.92 Å². The zero-order chi connectivity index (χ0) is 10.0. The van der Waals surface area contributed by atoms with E-state index in [1.165, 1.54) is 0 Å². The first-order valence-corrected chi connectivity index (χ1v) is 5.02. The Morgan fingerprint density at radius 2 is 2.21 bits per heavy atom. The Balaban J connectivity index is 1.72. The standard InChI is InChI=1S/C11H17NO2/c1-9-3-4-10(14-9)5-12-6-11(2)7-13-8-11/h3-4,12H,5-8H2,1-2H3. The Bertz CT molecular complexity index is 302. The van der Waals surface area contributed by atoms with Gasteiger partial charge in [-0.2, -0.15) is 0 Å². The molecule has 0 unspecified atom stereocenters. The first-order chi connectivity index (χ1) is 6.68. The van der Waals surface area contributed by atoms with E-state index in [2.05, 4.69) is 12.2 Å². The van der Waals surface area contributed by atoms with Crippen LogP contribution in [0.15, 0.2) is 16.5 Å². The topological polar surface area (TPSA) is 34.4 Å².